The van der Waals surface area contributed by atoms with Crippen LogP contribution < -0.4 is 5.73 Å². The van der Waals surface area contributed by atoms with Crippen LogP contribution in [-0.4, -0.2) is 91.7 Å². The van der Waals surface area contributed by atoms with Crippen LogP contribution in [-0.2, 0) is 4.74 Å². The number of fused-ring (bicyclic) bond motifs is 3. The fraction of sp³-hybridized carbons (Fsp3) is 0.733. The van der Waals surface area contributed by atoms with Crippen molar-refractivity contribution < 1.29 is 20.1 Å². The molecule has 4 rings (SSSR count). The predicted molar refractivity (Wildman–Crippen MR) is 93.8 cm³/mol. The molecule has 0 spiro atoms. The van der Waals surface area contributed by atoms with E-state index in [0.29, 0.717) is 23.0 Å². The molecule has 5 N–H and O–H groups in total. The van der Waals surface area contributed by atoms with Crippen molar-refractivity contribution in [1.29, 1.82) is 0 Å². The third-order valence-corrected chi connectivity index (χ3v) is 6.10. The molecule has 0 aromatic rings. The van der Waals surface area contributed by atoms with Gasteiger partial charge in [-0.1, -0.05) is 0 Å². The van der Waals surface area contributed by atoms with E-state index in [1.807, 2.05) is 13.8 Å². The van der Waals surface area contributed by atoms with Crippen molar-refractivity contribution in [1.82, 2.24) is 9.80 Å². The number of ether oxygens (including phenoxy) is 1. The minimum Gasteiger partial charge on any atom is -0.396 e. The molecule has 4 aliphatic rings. The number of aliphatic imine (C=N–C) groups is 2. The van der Waals surface area contributed by atoms with Gasteiger partial charge in [-0.05, 0) is 13.8 Å². The van der Waals surface area contributed by atoms with Gasteiger partial charge < -0.3 is 35.6 Å². The standard InChI is InChI=1S/C15H23N5O4S/c1-15(2)14-18-11(16)8-12(20(14)15)19(6-17-8)13-10(23)9(22)7(24-13)5-25-4-3-21/h6-7,9-10,12-13,21-23H,3-5,16H2,1-2H3/t7-,9-,10-,12?,13-,20?/m1/s1. The Morgan fingerprint density at radius 1 is 1.36 bits per heavy atom. The van der Waals surface area contributed by atoms with Gasteiger partial charge in [-0.2, -0.15) is 11.8 Å². The molecule has 0 aliphatic carbocycles. The van der Waals surface area contributed by atoms with Crippen molar-refractivity contribution in [3.05, 3.63) is 11.5 Å². The van der Waals surface area contributed by atoms with E-state index in [9.17, 15) is 10.2 Å². The van der Waals surface area contributed by atoms with E-state index in [-0.39, 0.29) is 18.3 Å². The van der Waals surface area contributed by atoms with Crippen LogP contribution >= 0.6 is 11.8 Å². The van der Waals surface area contributed by atoms with E-state index in [2.05, 4.69) is 14.9 Å². The van der Waals surface area contributed by atoms with Gasteiger partial charge in [-0.3, -0.25) is 0 Å². The Morgan fingerprint density at radius 2 is 2.12 bits per heavy atom. The highest BCUT2D eigenvalue weighted by atomic mass is 32.2. The summed E-state index contributed by atoms with van der Waals surface area (Å²) in [5.74, 6) is 2.32. The summed E-state index contributed by atoms with van der Waals surface area (Å²) in [4.78, 5) is 12.6. The van der Waals surface area contributed by atoms with Gasteiger partial charge in [0.1, 0.15) is 23.7 Å². The molecule has 2 saturated heterocycles. The molecule has 4 heterocycles. The Kier molecular flexibility index (Phi) is 4.00. The maximum Gasteiger partial charge on any atom is 0.162 e. The molecule has 25 heavy (non-hydrogen) atoms. The molecule has 1 unspecified atom stereocenters. The van der Waals surface area contributed by atoms with E-state index >= 15 is 0 Å². The van der Waals surface area contributed by atoms with Crippen molar-refractivity contribution in [3.63, 3.8) is 0 Å². The molecule has 0 radical (unpaired) electrons. The number of thioether (sulfide) groups is 1. The summed E-state index contributed by atoms with van der Waals surface area (Å²) in [6.07, 6.45) is -1.95. The quantitative estimate of drug-likeness (QED) is 0.339. The third-order valence-electron chi connectivity index (χ3n) is 5.07. The highest BCUT2D eigenvalue weighted by Crippen LogP contribution is 2.47. The summed E-state index contributed by atoms with van der Waals surface area (Å²) < 4.78 is 5.94. The Balaban J connectivity index is 1.53. The second-order valence-electron chi connectivity index (χ2n) is 7.05. The molecule has 2 fully saturated rings. The smallest absolute Gasteiger partial charge is 0.162 e. The number of rotatable bonds is 5. The minimum absolute atomic E-state index is 0.0694. The lowest BCUT2D eigenvalue weighted by molar-refractivity contribution is -0.0721. The molecular formula is C15H23N5O4S. The summed E-state index contributed by atoms with van der Waals surface area (Å²) in [7, 11) is 0. The third kappa shape index (κ3) is 2.47. The summed E-state index contributed by atoms with van der Waals surface area (Å²) in [6.45, 7) is 4.17. The Hall–Kier alpha value is -1.33. The van der Waals surface area contributed by atoms with Crippen LogP contribution in [0.5, 0.6) is 0 Å². The lowest BCUT2D eigenvalue weighted by Gasteiger charge is -2.34. The van der Waals surface area contributed by atoms with Crippen molar-refractivity contribution in [2.24, 2.45) is 15.7 Å². The highest BCUT2D eigenvalue weighted by Gasteiger charge is 2.62. The SMILES string of the molecule is CC1(C)C2=NC(N)=C3N=CN([C@@H]4O[C@H](CSCCO)[C@@H](O)[C@H]4O)C3N21. The van der Waals surface area contributed by atoms with Gasteiger partial charge in [-0.15, -0.1) is 0 Å². The lowest BCUT2D eigenvalue weighted by atomic mass is 10.1. The Morgan fingerprint density at radius 3 is 2.84 bits per heavy atom. The molecule has 10 heteroatoms. The van der Waals surface area contributed by atoms with E-state index in [1.165, 1.54) is 11.8 Å². The number of hydrogen-bond donors (Lipinski definition) is 4. The number of aliphatic hydroxyl groups is 3. The molecule has 9 nitrogen and oxygen atoms in total. The first kappa shape index (κ1) is 17.1. The van der Waals surface area contributed by atoms with Crippen molar-refractivity contribution >= 4 is 23.9 Å². The van der Waals surface area contributed by atoms with Crippen LogP contribution in [0.25, 0.3) is 0 Å². The zero-order valence-electron chi connectivity index (χ0n) is 14.1. The van der Waals surface area contributed by atoms with Gasteiger partial charge in [0.15, 0.2) is 18.2 Å². The van der Waals surface area contributed by atoms with Crippen LogP contribution in [0.3, 0.4) is 0 Å². The molecule has 0 aromatic heterocycles. The average molecular weight is 369 g/mol. The Bertz CT molecular complexity index is 666. The second kappa shape index (κ2) is 5.85. The highest BCUT2D eigenvalue weighted by molar-refractivity contribution is 7.99. The number of nitrogens with zero attached hydrogens (tertiary/aromatic N) is 4. The summed E-state index contributed by atoms with van der Waals surface area (Å²) in [6, 6.07) is 0. The van der Waals surface area contributed by atoms with Crippen molar-refractivity contribution in [3.8, 4) is 0 Å². The van der Waals surface area contributed by atoms with Gasteiger partial charge in [0.05, 0.1) is 24.6 Å². The average Bonchev–Trinajstić information content (AvgIpc) is 2.90. The fourth-order valence-electron chi connectivity index (χ4n) is 3.64. The molecule has 5 atom stereocenters. The first-order valence-corrected chi connectivity index (χ1v) is 9.43. The molecule has 0 amide bonds. The molecule has 0 bridgehead atoms. The van der Waals surface area contributed by atoms with E-state index in [4.69, 9.17) is 15.6 Å². The molecular weight excluding hydrogens is 346 g/mol. The zero-order chi connectivity index (χ0) is 17.9. The topological polar surface area (TPSA) is 127 Å². The fourth-order valence-corrected chi connectivity index (χ4v) is 4.45. The summed E-state index contributed by atoms with van der Waals surface area (Å²) in [5.41, 5.74) is 6.45. The largest absolute Gasteiger partial charge is 0.396 e. The number of nitrogens with two attached hydrogens (primary N) is 1. The predicted octanol–water partition coefficient (Wildman–Crippen LogP) is -1.54. The van der Waals surface area contributed by atoms with Crippen LogP contribution in [0.2, 0.25) is 0 Å². The van der Waals surface area contributed by atoms with E-state index in [0.717, 1.165) is 5.84 Å². The number of amidine groups is 1. The van der Waals surface area contributed by atoms with Gasteiger partial charge >= 0.3 is 0 Å². The molecule has 0 saturated carbocycles. The monoisotopic (exact) mass is 369 g/mol. The normalized spacial score (nSPS) is 38.1. The van der Waals surface area contributed by atoms with Gasteiger partial charge in [-0.25, -0.2) is 9.98 Å². The van der Waals surface area contributed by atoms with Crippen LogP contribution in [0.1, 0.15) is 13.8 Å². The maximum absolute atomic E-state index is 10.5. The first-order chi connectivity index (χ1) is 11.9. The van der Waals surface area contributed by atoms with Crippen LogP contribution in [0.4, 0.5) is 0 Å². The second-order valence-corrected chi connectivity index (χ2v) is 8.19. The summed E-state index contributed by atoms with van der Waals surface area (Å²) in [5, 5.41) is 29.7. The van der Waals surface area contributed by atoms with Crippen molar-refractivity contribution in [2.45, 2.75) is 50.1 Å². The molecule has 0 aromatic carbocycles. The Labute approximate surface area is 149 Å². The number of aliphatic hydroxyl groups excluding tert-OH is 3. The van der Waals surface area contributed by atoms with E-state index in [1.54, 1.807) is 11.2 Å². The number of hydrogen-bond acceptors (Lipinski definition) is 10. The van der Waals surface area contributed by atoms with Gasteiger partial charge in [0.2, 0.25) is 0 Å². The maximum atomic E-state index is 10.5. The van der Waals surface area contributed by atoms with Crippen LogP contribution in [0, 0.1) is 0 Å². The minimum atomic E-state index is -1.06. The lowest BCUT2D eigenvalue weighted by Crippen LogP contribution is -2.51. The molecule has 4 aliphatic heterocycles. The van der Waals surface area contributed by atoms with Crippen molar-refractivity contribution in [2.75, 3.05) is 18.1 Å². The first-order valence-electron chi connectivity index (χ1n) is 8.28. The zero-order valence-corrected chi connectivity index (χ0v) is 14.9. The molecule has 138 valence electrons. The van der Waals surface area contributed by atoms with Gasteiger partial charge in [0, 0.05) is 11.5 Å². The van der Waals surface area contributed by atoms with E-state index < -0.39 is 24.5 Å². The van der Waals surface area contributed by atoms with Gasteiger partial charge in [0.25, 0.3) is 0 Å². The summed E-state index contributed by atoms with van der Waals surface area (Å²) >= 11 is 1.48. The van der Waals surface area contributed by atoms with Crippen LogP contribution in [0.15, 0.2) is 21.5 Å².